The number of hydrogen-bond acceptors (Lipinski definition) is 1. The van der Waals surface area contributed by atoms with Crippen molar-refractivity contribution in [2.75, 3.05) is 0 Å². The van der Waals surface area contributed by atoms with Crippen molar-refractivity contribution in [3.63, 3.8) is 0 Å². The Bertz CT molecular complexity index is 246. The van der Waals surface area contributed by atoms with E-state index in [1.165, 1.54) is 24.8 Å². The summed E-state index contributed by atoms with van der Waals surface area (Å²) in [4.78, 5) is 0. The van der Waals surface area contributed by atoms with Gasteiger partial charge in [0.05, 0.1) is 0 Å². The summed E-state index contributed by atoms with van der Waals surface area (Å²) in [7, 11) is 0. The second kappa shape index (κ2) is 2.65. The lowest BCUT2D eigenvalue weighted by atomic mass is 9.92. The van der Waals surface area contributed by atoms with Crippen LogP contribution in [0.5, 0.6) is 0 Å². The molecular formula is C11H16O. The Hall–Kier alpha value is -0.720. The van der Waals surface area contributed by atoms with Gasteiger partial charge in [-0.2, -0.15) is 0 Å². The highest BCUT2D eigenvalue weighted by Gasteiger charge is 2.26. The lowest BCUT2D eigenvalue weighted by Gasteiger charge is -2.34. The summed E-state index contributed by atoms with van der Waals surface area (Å²) in [5, 5.41) is 0. The zero-order valence-corrected chi connectivity index (χ0v) is 7.89. The molecule has 12 heavy (non-hydrogen) atoms. The van der Waals surface area contributed by atoms with Gasteiger partial charge in [0, 0.05) is 6.42 Å². The summed E-state index contributed by atoms with van der Waals surface area (Å²) < 4.78 is 5.87. The van der Waals surface area contributed by atoms with Crippen molar-refractivity contribution >= 4 is 0 Å². The molecule has 0 spiro atoms. The zero-order chi connectivity index (χ0) is 8.60. The third-order valence-corrected chi connectivity index (χ3v) is 2.52. The molecule has 1 aliphatic carbocycles. The van der Waals surface area contributed by atoms with Crippen molar-refractivity contribution in [1.29, 1.82) is 0 Å². The van der Waals surface area contributed by atoms with Gasteiger partial charge in [-0.1, -0.05) is 6.08 Å². The Labute approximate surface area is 74.1 Å². The molecule has 66 valence electrons. The predicted octanol–water partition coefficient (Wildman–Crippen LogP) is 3.18. The quantitative estimate of drug-likeness (QED) is 0.534. The van der Waals surface area contributed by atoms with Crippen molar-refractivity contribution in [3.8, 4) is 0 Å². The molecule has 2 rings (SSSR count). The second-order valence-electron chi connectivity index (χ2n) is 4.26. The Morgan fingerprint density at radius 3 is 3.00 bits per heavy atom. The number of rotatable bonds is 0. The van der Waals surface area contributed by atoms with Crippen LogP contribution >= 0.6 is 0 Å². The average molecular weight is 164 g/mol. The van der Waals surface area contributed by atoms with Gasteiger partial charge in [0.15, 0.2) is 0 Å². The molecule has 1 heteroatoms. The largest absolute Gasteiger partial charge is 0.488 e. The van der Waals surface area contributed by atoms with Crippen molar-refractivity contribution in [3.05, 3.63) is 23.5 Å². The summed E-state index contributed by atoms with van der Waals surface area (Å²) in [6.45, 7) is 4.30. The molecule has 0 saturated heterocycles. The van der Waals surface area contributed by atoms with E-state index in [1.54, 1.807) is 0 Å². The van der Waals surface area contributed by atoms with Crippen LogP contribution in [0.1, 0.15) is 39.5 Å². The predicted molar refractivity (Wildman–Crippen MR) is 49.8 cm³/mol. The Morgan fingerprint density at radius 1 is 1.33 bits per heavy atom. The molecule has 0 N–H and O–H groups in total. The fourth-order valence-electron chi connectivity index (χ4n) is 1.80. The molecule has 2 aliphatic rings. The van der Waals surface area contributed by atoms with Crippen LogP contribution in [0.3, 0.4) is 0 Å². The summed E-state index contributed by atoms with van der Waals surface area (Å²) in [5.41, 5.74) is 1.45. The third-order valence-electron chi connectivity index (χ3n) is 2.52. The molecule has 0 atom stereocenters. The minimum atomic E-state index is 0.0205. The van der Waals surface area contributed by atoms with E-state index in [-0.39, 0.29) is 5.60 Å². The van der Waals surface area contributed by atoms with E-state index < -0.39 is 0 Å². The van der Waals surface area contributed by atoms with Crippen LogP contribution in [0.2, 0.25) is 0 Å². The maximum Gasteiger partial charge on any atom is 0.119 e. The van der Waals surface area contributed by atoms with Crippen molar-refractivity contribution in [1.82, 2.24) is 0 Å². The SMILES string of the molecule is CC1(C)CC=C2CCCC=C2O1. The molecule has 0 fully saturated rings. The molecule has 1 nitrogen and oxygen atoms in total. The van der Waals surface area contributed by atoms with Crippen molar-refractivity contribution in [2.24, 2.45) is 0 Å². The number of ether oxygens (including phenoxy) is 1. The number of allylic oxidation sites excluding steroid dienone is 2. The summed E-state index contributed by atoms with van der Waals surface area (Å²) >= 11 is 0. The van der Waals surface area contributed by atoms with Crippen LogP contribution in [0.4, 0.5) is 0 Å². The second-order valence-corrected chi connectivity index (χ2v) is 4.26. The molecule has 0 saturated carbocycles. The maximum absolute atomic E-state index is 5.87. The lowest BCUT2D eigenvalue weighted by molar-refractivity contribution is 0.0315. The molecule has 0 amide bonds. The Morgan fingerprint density at radius 2 is 2.17 bits per heavy atom. The van der Waals surface area contributed by atoms with E-state index in [1.807, 2.05) is 0 Å². The zero-order valence-electron chi connectivity index (χ0n) is 7.89. The Kier molecular flexibility index (Phi) is 1.75. The van der Waals surface area contributed by atoms with Crippen LogP contribution in [0.25, 0.3) is 0 Å². The monoisotopic (exact) mass is 164 g/mol. The number of hydrogen-bond donors (Lipinski definition) is 0. The smallest absolute Gasteiger partial charge is 0.119 e. The molecule has 0 bridgehead atoms. The summed E-state index contributed by atoms with van der Waals surface area (Å²) in [5.74, 6) is 1.15. The average Bonchev–Trinajstić information content (AvgIpc) is 2.02. The molecular weight excluding hydrogens is 148 g/mol. The van der Waals surface area contributed by atoms with E-state index in [0.29, 0.717) is 0 Å². The van der Waals surface area contributed by atoms with Crippen LogP contribution in [0, 0.1) is 0 Å². The first-order valence-corrected chi connectivity index (χ1v) is 4.76. The fourth-order valence-corrected chi connectivity index (χ4v) is 1.80. The third kappa shape index (κ3) is 1.40. The first-order chi connectivity index (χ1) is 5.67. The minimum absolute atomic E-state index is 0.0205. The van der Waals surface area contributed by atoms with E-state index in [0.717, 1.165) is 12.2 Å². The Balaban J connectivity index is 2.26. The van der Waals surface area contributed by atoms with Crippen molar-refractivity contribution < 1.29 is 4.74 Å². The van der Waals surface area contributed by atoms with Gasteiger partial charge in [-0.25, -0.2) is 0 Å². The van der Waals surface area contributed by atoms with E-state index >= 15 is 0 Å². The standard InChI is InChI=1S/C11H16O/c1-11(2)8-7-9-5-3-4-6-10(9)12-11/h6-7H,3-5,8H2,1-2H3. The van der Waals surface area contributed by atoms with Crippen molar-refractivity contribution in [2.45, 2.75) is 45.1 Å². The van der Waals surface area contributed by atoms with Crippen LogP contribution in [-0.2, 0) is 4.74 Å². The highest BCUT2D eigenvalue weighted by Crippen LogP contribution is 2.35. The number of fused-ring (bicyclic) bond motifs is 1. The van der Waals surface area contributed by atoms with Crippen LogP contribution < -0.4 is 0 Å². The van der Waals surface area contributed by atoms with Gasteiger partial charge in [-0.15, -0.1) is 0 Å². The minimum Gasteiger partial charge on any atom is -0.488 e. The molecule has 0 aromatic carbocycles. The van der Waals surface area contributed by atoms with Gasteiger partial charge < -0.3 is 4.74 Å². The topological polar surface area (TPSA) is 9.23 Å². The van der Waals surface area contributed by atoms with Crippen LogP contribution in [0.15, 0.2) is 23.5 Å². The molecule has 0 aromatic rings. The summed E-state index contributed by atoms with van der Waals surface area (Å²) in [6.07, 6.45) is 9.31. The van der Waals surface area contributed by atoms with Gasteiger partial charge in [0.2, 0.25) is 0 Å². The molecule has 0 aromatic heterocycles. The molecule has 0 radical (unpaired) electrons. The van der Waals surface area contributed by atoms with E-state index in [2.05, 4.69) is 26.0 Å². The van der Waals surface area contributed by atoms with E-state index in [4.69, 9.17) is 4.74 Å². The van der Waals surface area contributed by atoms with E-state index in [9.17, 15) is 0 Å². The molecule has 0 unspecified atom stereocenters. The van der Waals surface area contributed by atoms with Crippen LogP contribution in [-0.4, -0.2) is 5.60 Å². The lowest BCUT2D eigenvalue weighted by Crippen LogP contribution is -2.27. The first kappa shape index (κ1) is 7.90. The normalized spacial score (nSPS) is 26.5. The van der Waals surface area contributed by atoms with Gasteiger partial charge in [0.1, 0.15) is 11.4 Å². The molecule has 1 aliphatic heterocycles. The fraction of sp³-hybridized carbons (Fsp3) is 0.636. The van der Waals surface area contributed by atoms with Gasteiger partial charge in [0.25, 0.3) is 0 Å². The van der Waals surface area contributed by atoms with Gasteiger partial charge >= 0.3 is 0 Å². The van der Waals surface area contributed by atoms with Gasteiger partial charge in [-0.05, 0) is 44.8 Å². The van der Waals surface area contributed by atoms with Gasteiger partial charge in [-0.3, -0.25) is 0 Å². The highest BCUT2D eigenvalue weighted by molar-refractivity contribution is 5.31. The first-order valence-electron chi connectivity index (χ1n) is 4.76. The highest BCUT2D eigenvalue weighted by atomic mass is 16.5. The molecule has 1 heterocycles. The summed E-state index contributed by atoms with van der Waals surface area (Å²) in [6, 6.07) is 0. The maximum atomic E-state index is 5.87.